The fourth-order valence-electron chi connectivity index (χ4n) is 0.331. The van der Waals surface area contributed by atoms with Crippen LogP contribution in [0, 0.1) is 0 Å². The van der Waals surface area contributed by atoms with Crippen LogP contribution in [-0.2, 0) is 14.6 Å². The van der Waals surface area contributed by atoms with Gasteiger partial charge in [-0.25, -0.2) is 8.42 Å². The zero-order valence-corrected chi connectivity index (χ0v) is 7.17. The Morgan fingerprint density at radius 3 is 2.50 bits per heavy atom. The summed E-state index contributed by atoms with van der Waals surface area (Å²) in [5, 5.41) is 2.62. The van der Waals surface area contributed by atoms with Gasteiger partial charge in [0.05, 0.1) is 6.61 Å². The van der Waals surface area contributed by atoms with Crippen molar-refractivity contribution in [2.75, 3.05) is 6.61 Å². The van der Waals surface area contributed by atoms with Crippen LogP contribution in [0.25, 0.3) is 0 Å². The third-order valence-corrected chi connectivity index (χ3v) is 1.15. The normalized spacial score (nSPS) is 12.8. The summed E-state index contributed by atoms with van der Waals surface area (Å²) in [4.78, 5) is 3.54. The van der Waals surface area contributed by atoms with Crippen LogP contribution >= 0.6 is 0 Å². The third kappa shape index (κ3) is 8.99. The van der Waals surface area contributed by atoms with Crippen molar-refractivity contribution in [1.29, 1.82) is 0 Å². The number of nitrogens with one attached hydrogen (secondary N) is 1. The van der Waals surface area contributed by atoms with Gasteiger partial charge in [-0.1, -0.05) is 0 Å². The van der Waals surface area contributed by atoms with Crippen LogP contribution in [0.1, 0.15) is 6.92 Å². The lowest BCUT2D eigenvalue weighted by molar-refractivity contribution is 0.275. The van der Waals surface area contributed by atoms with Crippen LogP contribution in [0.5, 0.6) is 0 Å². The maximum atomic E-state index is 9.45. The van der Waals surface area contributed by atoms with E-state index in [1.54, 1.807) is 12.4 Å². The predicted octanol–water partition coefficient (Wildman–Crippen LogP) is -0.551. The average molecular weight is 192 g/mol. The van der Waals surface area contributed by atoms with Crippen LogP contribution in [0.4, 0.5) is 0 Å². The molecule has 0 aromatic rings. The van der Waals surface area contributed by atoms with Crippen molar-refractivity contribution in [3.05, 3.63) is 12.4 Å². The first-order valence-electron chi connectivity index (χ1n) is 3.02. The summed E-state index contributed by atoms with van der Waals surface area (Å²) in [6.45, 7) is 1.33. The molecule has 12 heavy (non-hydrogen) atoms. The largest absolute Gasteiger partial charge is 0.726 e. The standard InChI is InChI=1S/C3H3N2.C2H6O4S/c1-2-5-3-4-1;1-2-6-7(3,4)5/h1-2H,(H,4,5);2H2,1H3,(H,3,4,5)/q+1;/p-1. The molecule has 0 spiro atoms. The van der Waals surface area contributed by atoms with Crippen LogP contribution < -0.4 is 5.32 Å². The number of nitrogens with zero attached hydrogens (tertiary/aromatic N) is 1. The van der Waals surface area contributed by atoms with Crippen molar-refractivity contribution in [1.82, 2.24) is 5.32 Å². The van der Waals surface area contributed by atoms with Crippen LogP contribution in [0.2, 0.25) is 0 Å². The summed E-state index contributed by atoms with van der Waals surface area (Å²) < 4.78 is 32.0. The first-order valence-corrected chi connectivity index (χ1v) is 4.35. The molecular weight excluding hydrogens is 184 g/mol. The molecule has 68 valence electrons. The highest BCUT2D eigenvalue weighted by Gasteiger charge is 1.86. The Hall–Kier alpha value is -1.01. The number of hydrogen-bond acceptors (Lipinski definition) is 6. The van der Waals surface area contributed by atoms with E-state index in [2.05, 4.69) is 20.8 Å². The van der Waals surface area contributed by atoms with Gasteiger partial charge in [-0.3, -0.25) is 4.18 Å². The van der Waals surface area contributed by atoms with Gasteiger partial charge in [0.25, 0.3) is 6.34 Å². The Labute approximate surface area is 70.9 Å². The van der Waals surface area contributed by atoms with Gasteiger partial charge >= 0.3 is 0 Å². The summed E-state index contributed by atoms with van der Waals surface area (Å²) in [6.07, 6.45) is 5.83. The molecule has 1 rings (SSSR count). The maximum absolute atomic E-state index is 9.45. The molecular formula is C5H8N2O4S. The average Bonchev–Trinajstić information content (AvgIpc) is 2.38. The van der Waals surface area contributed by atoms with Crippen LogP contribution in [0.15, 0.2) is 17.4 Å². The monoisotopic (exact) mass is 192 g/mol. The second kappa shape index (κ2) is 5.62. The maximum Gasteiger partial charge on any atom is 0.252 e. The minimum absolute atomic E-state index is 0.0914. The topological polar surface area (TPSA) is 90.8 Å². The van der Waals surface area contributed by atoms with Crippen molar-refractivity contribution in [2.45, 2.75) is 6.92 Å². The van der Waals surface area contributed by atoms with Crippen molar-refractivity contribution >= 4 is 16.7 Å². The second-order valence-electron chi connectivity index (χ2n) is 1.52. The van der Waals surface area contributed by atoms with Gasteiger partial charge in [-0.15, -0.1) is 0 Å². The highest BCUT2D eigenvalue weighted by Crippen LogP contribution is 1.80. The lowest BCUT2D eigenvalue weighted by Gasteiger charge is -2.02. The first kappa shape index (κ1) is 11.0. The van der Waals surface area contributed by atoms with Gasteiger partial charge in [0, 0.05) is 0 Å². The van der Waals surface area contributed by atoms with E-state index in [4.69, 9.17) is 0 Å². The highest BCUT2D eigenvalue weighted by atomic mass is 32.3. The smallest absolute Gasteiger partial charge is 0.252 e. The molecule has 0 aromatic heterocycles. The summed E-state index contributed by atoms with van der Waals surface area (Å²) >= 11 is 0. The highest BCUT2D eigenvalue weighted by molar-refractivity contribution is 7.80. The molecule has 1 aliphatic rings. The molecule has 1 heterocycles. The van der Waals surface area contributed by atoms with Gasteiger partial charge < -0.3 is 4.55 Å². The molecule has 0 aromatic carbocycles. The van der Waals surface area contributed by atoms with Crippen molar-refractivity contribution < 1.29 is 17.2 Å². The van der Waals surface area contributed by atoms with E-state index < -0.39 is 10.4 Å². The van der Waals surface area contributed by atoms with Crippen LogP contribution in [0.3, 0.4) is 0 Å². The molecule has 0 unspecified atom stereocenters. The zero-order chi connectivity index (χ0) is 9.45. The molecule has 0 saturated carbocycles. The number of hydrogen-bond donors (Lipinski definition) is 1. The van der Waals surface area contributed by atoms with Gasteiger partial charge in [0.15, 0.2) is 6.20 Å². The van der Waals surface area contributed by atoms with E-state index in [1.165, 1.54) is 6.92 Å². The predicted molar refractivity (Wildman–Crippen MR) is 41.0 cm³/mol. The van der Waals surface area contributed by atoms with Gasteiger partial charge in [-0.2, -0.15) is 5.32 Å². The zero-order valence-electron chi connectivity index (χ0n) is 6.35. The quantitative estimate of drug-likeness (QED) is 0.360. The Kier molecular flexibility index (Phi) is 5.14. The molecule has 0 aliphatic carbocycles. The number of rotatable bonds is 2. The molecule has 0 atom stereocenters. The van der Waals surface area contributed by atoms with Gasteiger partial charge in [0.2, 0.25) is 16.6 Å². The van der Waals surface area contributed by atoms with E-state index in [1.807, 2.05) is 0 Å². The first-order chi connectivity index (χ1) is 5.56. The lowest BCUT2D eigenvalue weighted by atomic mass is 10.9. The van der Waals surface area contributed by atoms with Gasteiger partial charge in [0.1, 0.15) is 0 Å². The van der Waals surface area contributed by atoms with E-state index >= 15 is 0 Å². The molecule has 0 bridgehead atoms. The van der Waals surface area contributed by atoms with E-state index in [0.29, 0.717) is 0 Å². The molecule has 0 fully saturated rings. The van der Waals surface area contributed by atoms with E-state index in [0.717, 1.165) is 0 Å². The fraction of sp³-hybridized carbons (Fsp3) is 0.400. The molecule has 0 amide bonds. The van der Waals surface area contributed by atoms with Gasteiger partial charge in [-0.05, 0) is 11.9 Å². The van der Waals surface area contributed by atoms with Crippen molar-refractivity contribution in [3.8, 4) is 0 Å². The fourth-order valence-corrected chi connectivity index (χ4v) is 0.619. The Balaban J connectivity index is 0.000000211. The Morgan fingerprint density at radius 2 is 2.42 bits per heavy atom. The minimum Gasteiger partial charge on any atom is -0.726 e. The van der Waals surface area contributed by atoms with Crippen molar-refractivity contribution in [2.24, 2.45) is 4.99 Å². The van der Waals surface area contributed by atoms with E-state index in [-0.39, 0.29) is 6.61 Å². The number of aliphatic imine (C=N–C) groups is 1. The minimum atomic E-state index is -4.42. The second-order valence-corrected chi connectivity index (χ2v) is 2.57. The summed E-state index contributed by atoms with van der Waals surface area (Å²) in [7, 11) is -4.42. The van der Waals surface area contributed by atoms with E-state index in [9.17, 15) is 13.0 Å². The SMILES string of the molecule is CCOS(=O)(=O)[O-].[C+]1=NC=CN1. The summed E-state index contributed by atoms with van der Waals surface area (Å²) in [6, 6.07) is 0. The van der Waals surface area contributed by atoms with Crippen LogP contribution in [-0.4, -0.2) is 25.9 Å². The Bertz CT molecular complexity index is 247. The third-order valence-electron chi connectivity index (χ3n) is 0.624. The molecule has 0 saturated heterocycles. The van der Waals surface area contributed by atoms with Crippen molar-refractivity contribution in [3.63, 3.8) is 0 Å². The lowest BCUT2D eigenvalue weighted by Crippen LogP contribution is -2.02. The molecule has 1 N–H and O–H groups in total. The summed E-state index contributed by atoms with van der Waals surface area (Å²) in [5.74, 6) is 0. The Morgan fingerprint density at radius 1 is 1.75 bits per heavy atom. The summed E-state index contributed by atoms with van der Waals surface area (Å²) in [5.41, 5.74) is 0. The molecule has 1 aliphatic heterocycles. The molecule has 7 heteroatoms. The molecule has 0 radical (unpaired) electrons. The molecule has 6 nitrogen and oxygen atoms in total.